The third-order valence-electron chi connectivity index (χ3n) is 0.959. The molecule has 0 rings (SSSR count). The molecule has 0 saturated carbocycles. The van der Waals surface area contributed by atoms with Gasteiger partial charge in [-0.15, -0.1) is 0 Å². The van der Waals surface area contributed by atoms with Gasteiger partial charge in [0.25, 0.3) is 0 Å². The Hall–Kier alpha value is -0.770. The zero-order chi connectivity index (χ0) is 7.82. The molecule has 0 aromatic rings. The smallest absolute Gasteiger partial charge is 0.319 e. The van der Waals surface area contributed by atoms with Crippen molar-refractivity contribution >= 4 is 6.09 Å². The summed E-state index contributed by atoms with van der Waals surface area (Å²) < 4.78 is 0. The van der Waals surface area contributed by atoms with E-state index in [1.54, 1.807) is 0 Å². The lowest BCUT2D eigenvalue weighted by Gasteiger charge is -2.00. The highest BCUT2D eigenvalue weighted by Crippen LogP contribution is 1.83. The summed E-state index contributed by atoms with van der Waals surface area (Å²) in [5.74, 6) is 0. The Kier molecular flexibility index (Phi) is 5.86. The minimum atomic E-state index is -0.532. The van der Waals surface area contributed by atoms with E-state index >= 15 is 0 Å². The van der Waals surface area contributed by atoms with Gasteiger partial charge < -0.3 is 5.32 Å². The predicted octanol–water partition coefficient (Wildman–Crippen LogP) is 1.07. The average molecular weight is 147 g/mol. The van der Waals surface area contributed by atoms with Crippen molar-refractivity contribution < 1.29 is 14.6 Å². The first-order chi connectivity index (χ1) is 4.81. The Bertz CT molecular complexity index is 95.0. The van der Waals surface area contributed by atoms with Gasteiger partial charge in [0.2, 0.25) is 0 Å². The number of unbranched alkanes of at least 4 members (excludes halogenated alkanes) is 1. The van der Waals surface area contributed by atoms with Gasteiger partial charge in [0.05, 0.1) is 7.11 Å². The lowest BCUT2D eigenvalue weighted by molar-refractivity contribution is -0.212. The molecule has 0 unspecified atom stereocenters. The van der Waals surface area contributed by atoms with Crippen LogP contribution in [0.2, 0.25) is 0 Å². The van der Waals surface area contributed by atoms with Crippen molar-refractivity contribution in [2.75, 3.05) is 13.7 Å². The van der Waals surface area contributed by atoms with Crippen molar-refractivity contribution in [3.05, 3.63) is 0 Å². The van der Waals surface area contributed by atoms with Crippen LogP contribution in [0.25, 0.3) is 0 Å². The largest absolute Gasteiger partial charge is 0.438 e. The standard InChI is InChI=1S/C6H13NO3/c1-3-4-5-7-6(8)10-9-2/h3-5H2,1-2H3,(H,7,8). The van der Waals surface area contributed by atoms with Crippen LogP contribution in [-0.2, 0) is 9.78 Å². The Labute approximate surface area is 60.4 Å². The van der Waals surface area contributed by atoms with Crippen molar-refractivity contribution in [2.24, 2.45) is 0 Å². The van der Waals surface area contributed by atoms with E-state index in [0.29, 0.717) is 6.54 Å². The van der Waals surface area contributed by atoms with Gasteiger partial charge in [-0.25, -0.2) is 4.79 Å². The third-order valence-corrected chi connectivity index (χ3v) is 0.959. The van der Waals surface area contributed by atoms with Gasteiger partial charge in [-0.05, 0) is 6.42 Å². The molecule has 0 saturated heterocycles. The number of carbonyl (C=O) groups is 1. The molecule has 60 valence electrons. The van der Waals surface area contributed by atoms with Crippen LogP contribution in [0.4, 0.5) is 4.79 Å². The Morgan fingerprint density at radius 1 is 1.60 bits per heavy atom. The highest BCUT2D eigenvalue weighted by molar-refractivity contribution is 5.66. The summed E-state index contributed by atoms with van der Waals surface area (Å²) in [7, 11) is 1.29. The fourth-order valence-electron chi connectivity index (χ4n) is 0.472. The van der Waals surface area contributed by atoms with Gasteiger partial charge in [-0.3, -0.25) is 4.89 Å². The zero-order valence-corrected chi connectivity index (χ0v) is 6.35. The van der Waals surface area contributed by atoms with Crippen LogP contribution in [-0.4, -0.2) is 19.7 Å². The number of nitrogens with one attached hydrogen (secondary N) is 1. The first kappa shape index (κ1) is 9.23. The van der Waals surface area contributed by atoms with Crippen molar-refractivity contribution in [1.82, 2.24) is 5.32 Å². The van der Waals surface area contributed by atoms with Gasteiger partial charge in [0.15, 0.2) is 0 Å². The van der Waals surface area contributed by atoms with Crippen molar-refractivity contribution in [3.8, 4) is 0 Å². The van der Waals surface area contributed by atoms with Gasteiger partial charge in [-0.1, -0.05) is 13.3 Å². The molecule has 0 atom stereocenters. The van der Waals surface area contributed by atoms with E-state index in [9.17, 15) is 4.79 Å². The Morgan fingerprint density at radius 3 is 2.80 bits per heavy atom. The van der Waals surface area contributed by atoms with Crippen LogP contribution >= 0.6 is 0 Å². The van der Waals surface area contributed by atoms with Crippen LogP contribution in [0.3, 0.4) is 0 Å². The molecular formula is C6H13NO3. The van der Waals surface area contributed by atoms with Crippen molar-refractivity contribution in [2.45, 2.75) is 19.8 Å². The summed E-state index contributed by atoms with van der Waals surface area (Å²) >= 11 is 0. The van der Waals surface area contributed by atoms with Crippen molar-refractivity contribution in [1.29, 1.82) is 0 Å². The molecule has 10 heavy (non-hydrogen) atoms. The quantitative estimate of drug-likeness (QED) is 0.367. The van der Waals surface area contributed by atoms with Crippen LogP contribution < -0.4 is 5.32 Å². The number of rotatable bonds is 4. The molecule has 0 fully saturated rings. The van der Waals surface area contributed by atoms with E-state index in [-0.39, 0.29) is 0 Å². The molecule has 0 aliphatic rings. The number of amides is 1. The Balaban J connectivity index is 3.05. The molecule has 0 aliphatic heterocycles. The molecule has 4 nitrogen and oxygen atoms in total. The van der Waals surface area contributed by atoms with E-state index in [0.717, 1.165) is 12.8 Å². The molecule has 0 spiro atoms. The third kappa shape index (κ3) is 5.37. The normalized spacial score (nSPS) is 9.00. The highest BCUT2D eigenvalue weighted by atomic mass is 17.2. The second-order valence-electron chi connectivity index (χ2n) is 1.82. The molecule has 0 aliphatic carbocycles. The molecular weight excluding hydrogens is 134 g/mol. The molecule has 0 aromatic heterocycles. The Morgan fingerprint density at radius 2 is 2.30 bits per heavy atom. The van der Waals surface area contributed by atoms with Gasteiger partial charge in [-0.2, -0.15) is 4.89 Å². The van der Waals surface area contributed by atoms with Crippen LogP contribution in [0.5, 0.6) is 0 Å². The maximum atomic E-state index is 10.5. The van der Waals surface area contributed by atoms with E-state index in [1.807, 2.05) is 6.92 Å². The maximum absolute atomic E-state index is 10.5. The average Bonchev–Trinajstić information content (AvgIpc) is 1.89. The van der Waals surface area contributed by atoms with Crippen LogP contribution in [0, 0.1) is 0 Å². The minimum absolute atomic E-state index is 0.532. The molecule has 1 amide bonds. The summed E-state index contributed by atoms with van der Waals surface area (Å²) in [5, 5.41) is 2.50. The number of carbonyl (C=O) groups excluding carboxylic acids is 1. The lowest BCUT2D eigenvalue weighted by Crippen LogP contribution is -2.24. The van der Waals surface area contributed by atoms with Gasteiger partial charge in [0, 0.05) is 6.54 Å². The summed E-state index contributed by atoms with van der Waals surface area (Å²) in [6.07, 6.45) is 1.47. The molecule has 4 heteroatoms. The van der Waals surface area contributed by atoms with Crippen LogP contribution in [0.15, 0.2) is 0 Å². The summed E-state index contributed by atoms with van der Waals surface area (Å²) in [4.78, 5) is 18.7. The molecule has 0 heterocycles. The van der Waals surface area contributed by atoms with Gasteiger partial charge in [0.1, 0.15) is 0 Å². The molecule has 1 N–H and O–H groups in total. The van der Waals surface area contributed by atoms with Gasteiger partial charge >= 0.3 is 6.09 Å². The zero-order valence-electron chi connectivity index (χ0n) is 6.35. The van der Waals surface area contributed by atoms with Crippen LogP contribution in [0.1, 0.15) is 19.8 Å². The fourth-order valence-corrected chi connectivity index (χ4v) is 0.472. The van der Waals surface area contributed by atoms with E-state index in [4.69, 9.17) is 0 Å². The second kappa shape index (κ2) is 6.35. The lowest BCUT2D eigenvalue weighted by atomic mass is 10.3. The van der Waals surface area contributed by atoms with E-state index in [1.165, 1.54) is 7.11 Å². The number of hydrogen-bond donors (Lipinski definition) is 1. The van der Waals surface area contributed by atoms with E-state index < -0.39 is 6.09 Å². The molecule has 0 aromatic carbocycles. The minimum Gasteiger partial charge on any atom is -0.319 e. The molecule has 0 bridgehead atoms. The summed E-state index contributed by atoms with van der Waals surface area (Å²) in [6.45, 7) is 2.68. The summed E-state index contributed by atoms with van der Waals surface area (Å²) in [5.41, 5.74) is 0. The highest BCUT2D eigenvalue weighted by Gasteiger charge is 1.97. The first-order valence-corrected chi connectivity index (χ1v) is 3.29. The van der Waals surface area contributed by atoms with E-state index in [2.05, 4.69) is 15.1 Å². The predicted molar refractivity (Wildman–Crippen MR) is 36.4 cm³/mol. The maximum Gasteiger partial charge on any atom is 0.438 e. The topological polar surface area (TPSA) is 47.6 Å². The van der Waals surface area contributed by atoms with Crippen molar-refractivity contribution in [3.63, 3.8) is 0 Å². The first-order valence-electron chi connectivity index (χ1n) is 3.29. The fraction of sp³-hybridized carbons (Fsp3) is 0.833. The molecule has 0 radical (unpaired) electrons. The SMILES string of the molecule is CCCCNC(=O)OOC. The second-order valence-corrected chi connectivity index (χ2v) is 1.82. The monoisotopic (exact) mass is 147 g/mol. The number of hydrogen-bond acceptors (Lipinski definition) is 3. The summed E-state index contributed by atoms with van der Waals surface area (Å²) in [6, 6.07) is 0.